The number of carbonyl (C=O) groups excluding carboxylic acids is 6. The van der Waals surface area contributed by atoms with Crippen molar-refractivity contribution < 1.29 is 28.8 Å². The van der Waals surface area contributed by atoms with Crippen LogP contribution in [0.3, 0.4) is 0 Å². The number of fused-ring (bicyclic) bond motifs is 1. The maximum absolute atomic E-state index is 13.5. The average molecular weight is 867 g/mol. The van der Waals surface area contributed by atoms with Crippen LogP contribution in [0.1, 0.15) is 93.9 Å². The normalized spacial score (nSPS) is 13.2. The lowest BCUT2D eigenvalue weighted by molar-refractivity contribution is -0.117. The minimum Gasteiger partial charge on any atom is -0.352 e. The zero-order valence-corrected chi connectivity index (χ0v) is 37.3. The number of anilines is 2. The van der Waals surface area contributed by atoms with Gasteiger partial charge in [0.05, 0.1) is 29.0 Å². The van der Waals surface area contributed by atoms with Gasteiger partial charge in [-0.1, -0.05) is 81.8 Å². The second-order valence-corrected chi connectivity index (χ2v) is 15.8. The smallest absolute Gasteiger partial charge is 0.258 e. The Bertz CT molecular complexity index is 2380. The van der Waals surface area contributed by atoms with Crippen LogP contribution in [0, 0.1) is 6.92 Å². The highest BCUT2D eigenvalue weighted by molar-refractivity contribution is 6.30. The van der Waals surface area contributed by atoms with Crippen molar-refractivity contribution in [2.45, 2.75) is 53.9 Å². The average Bonchev–Trinajstić information content (AvgIpc) is 3.83. The van der Waals surface area contributed by atoms with Gasteiger partial charge in [-0.25, -0.2) is 0 Å². The van der Waals surface area contributed by atoms with Gasteiger partial charge < -0.3 is 41.7 Å². The Kier molecular flexibility index (Phi) is 16.0. The molecule has 6 N–H and O–H groups in total. The van der Waals surface area contributed by atoms with Crippen LogP contribution in [-0.2, 0) is 20.8 Å². The molecule has 0 bridgehead atoms. The fourth-order valence-electron chi connectivity index (χ4n) is 7.68. The van der Waals surface area contributed by atoms with E-state index in [1.807, 2.05) is 31.2 Å². The Morgan fingerprint density at radius 2 is 1.00 bits per heavy atom. The van der Waals surface area contributed by atoms with Crippen LogP contribution >= 0.6 is 0 Å². The summed E-state index contributed by atoms with van der Waals surface area (Å²) in [5.41, 5.74) is 6.23. The van der Waals surface area contributed by atoms with E-state index in [4.69, 9.17) is 0 Å². The van der Waals surface area contributed by atoms with E-state index in [-0.39, 0.29) is 47.1 Å². The van der Waals surface area contributed by atoms with Crippen LogP contribution in [0.15, 0.2) is 102 Å². The number of rotatable bonds is 21. The fourth-order valence-corrected chi connectivity index (χ4v) is 7.68. The Balaban J connectivity index is 1.07. The van der Waals surface area contributed by atoms with Crippen molar-refractivity contribution in [1.29, 1.82) is 0 Å². The summed E-state index contributed by atoms with van der Waals surface area (Å²) in [6.45, 7) is 16.7. The number of nitrogens with zero attached hydrogens (tertiary/aromatic N) is 2. The highest BCUT2D eigenvalue weighted by Crippen LogP contribution is 2.37. The largest absolute Gasteiger partial charge is 0.352 e. The molecular formula is C50H58N8O6. The number of aryl methyl sites for hydroxylation is 1. The van der Waals surface area contributed by atoms with Gasteiger partial charge in [0.25, 0.3) is 29.5 Å². The third kappa shape index (κ3) is 11.8. The molecule has 4 aromatic rings. The molecule has 64 heavy (non-hydrogen) atoms. The summed E-state index contributed by atoms with van der Waals surface area (Å²) in [6.07, 6.45) is 1.59. The van der Waals surface area contributed by atoms with Crippen molar-refractivity contribution in [2.24, 2.45) is 0 Å². The summed E-state index contributed by atoms with van der Waals surface area (Å²) in [5, 5.41) is 17.3. The summed E-state index contributed by atoms with van der Waals surface area (Å²) in [6, 6.07) is 25.7. The summed E-state index contributed by atoms with van der Waals surface area (Å²) in [7, 11) is 0. The number of carbonyl (C=O) groups is 6. The first kappa shape index (κ1) is 46.6. The zero-order chi connectivity index (χ0) is 45.8. The van der Waals surface area contributed by atoms with Gasteiger partial charge in [-0.3, -0.25) is 28.8 Å². The van der Waals surface area contributed by atoms with Crippen LogP contribution in [0.5, 0.6) is 0 Å². The molecule has 14 heteroatoms. The molecule has 4 aromatic carbocycles. The quantitative estimate of drug-likeness (QED) is 0.0575. The zero-order valence-electron chi connectivity index (χ0n) is 37.3. The van der Waals surface area contributed by atoms with Gasteiger partial charge in [0.2, 0.25) is 5.91 Å². The van der Waals surface area contributed by atoms with Crippen molar-refractivity contribution in [1.82, 2.24) is 31.1 Å². The first-order chi connectivity index (χ1) is 30.9. The van der Waals surface area contributed by atoms with Crippen molar-refractivity contribution in [2.75, 3.05) is 63.0 Å². The van der Waals surface area contributed by atoms with E-state index >= 15 is 0 Å². The van der Waals surface area contributed by atoms with Crippen molar-refractivity contribution >= 4 is 58.2 Å². The standard InChI is InChI=1S/C50H58N8O6/c1-6-57(7-2)26-10-24-51-46(60)37-29-38(47(61)52-25-11-27-58(8-3)9-4)31-40(30-37)54-48(62)36-20-22-39(23-21-36)53-41(59)28-33-14-18-35(19-15-33)45-43-42(49(63)56-45)44(55-50(43)64)34-16-12-32(5)13-17-34/h12-23,29-31H,6-11,24-28H2,1-5H3,(H,51,60)(H,52,61)(H,53,59)(H,54,62)(H,55,64)(H,56,63). The first-order valence-electron chi connectivity index (χ1n) is 22.1. The SMILES string of the molecule is CCN(CC)CCCNC(=O)c1cc(NC(=O)c2ccc(NC(=O)Cc3ccc(C4=C5C(=O)NC(c6ccc(C)cc6)=C5C(=O)N4)cc3)cc2)cc(C(=O)NCCCN(CC)CC)c1. The second-order valence-electron chi connectivity index (χ2n) is 15.8. The van der Waals surface area contributed by atoms with Gasteiger partial charge in [0.1, 0.15) is 0 Å². The molecule has 334 valence electrons. The van der Waals surface area contributed by atoms with E-state index in [1.54, 1.807) is 60.7 Å². The Hall–Kier alpha value is -6.90. The molecule has 0 saturated carbocycles. The molecule has 14 nitrogen and oxygen atoms in total. The molecule has 0 unspecified atom stereocenters. The number of amides is 6. The number of nitrogens with one attached hydrogen (secondary N) is 6. The van der Waals surface area contributed by atoms with E-state index in [9.17, 15) is 28.8 Å². The van der Waals surface area contributed by atoms with E-state index < -0.39 is 5.91 Å². The maximum atomic E-state index is 13.5. The maximum Gasteiger partial charge on any atom is 0.258 e. The summed E-state index contributed by atoms with van der Waals surface area (Å²) < 4.78 is 0. The van der Waals surface area contributed by atoms with Gasteiger partial charge >= 0.3 is 0 Å². The Morgan fingerprint density at radius 3 is 1.47 bits per heavy atom. The van der Waals surface area contributed by atoms with E-state index in [0.717, 1.165) is 63.2 Å². The third-order valence-corrected chi connectivity index (χ3v) is 11.4. The number of benzene rings is 4. The van der Waals surface area contributed by atoms with E-state index in [1.165, 1.54) is 6.07 Å². The monoisotopic (exact) mass is 866 g/mol. The molecule has 0 fully saturated rings. The molecule has 0 aromatic heterocycles. The van der Waals surface area contributed by atoms with Gasteiger partial charge in [0.15, 0.2) is 0 Å². The number of hydrogen-bond acceptors (Lipinski definition) is 8. The van der Waals surface area contributed by atoms with Gasteiger partial charge in [-0.2, -0.15) is 0 Å². The lowest BCUT2D eigenvalue weighted by atomic mass is 10.0. The minimum atomic E-state index is -0.459. The van der Waals surface area contributed by atoms with E-state index in [0.29, 0.717) is 63.7 Å². The topological polar surface area (TPSA) is 181 Å². The van der Waals surface area contributed by atoms with Gasteiger partial charge in [0, 0.05) is 41.2 Å². The van der Waals surface area contributed by atoms with Crippen molar-refractivity contribution in [3.05, 3.63) is 141 Å². The van der Waals surface area contributed by atoms with Crippen LogP contribution in [0.25, 0.3) is 11.4 Å². The van der Waals surface area contributed by atoms with E-state index in [2.05, 4.69) is 69.4 Å². The lowest BCUT2D eigenvalue weighted by Gasteiger charge is -2.18. The molecular weight excluding hydrogens is 809 g/mol. The molecule has 2 aliphatic heterocycles. The van der Waals surface area contributed by atoms with Crippen LogP contribution in [-0.4, -0.2) is 97.6 Å². The molecule has 0 spiro atoms. The van der Waals surface area contributed by atoms with Crippen LogP contribution in [0.4, 0.5) is 11.4 Å². The number of hydrogen-bond donors (Lipinski definition) is 6. The van der Waals surface area contributed by atoms with Crippen LogP contribution in [0.2, 0.25) is 0 Å². The van der Waals surface area contributed by atoms with Gasteiger partial charge in [-0.05, 0) is 118 Å². The molecule has 2 aliphatic rings. The molecule has 0 aliphatic carbocycles. The Morgan fingerprint density at radius 1 is 0.531 bits per heavy atom. The van der Waals surface area contributed by atoms with Crippen molar-refractivity contribution in [3.8, 4) is 0 Å². The molecule has 0 radical (unpaired) electrons. The van der Waals surface area contributed by atoms with Crippen LogP contribution < -0.4 is 31.9 Å². The Labute approximate surface area is 374 Å². The fraction of sp³-hybridized carbons (Fsp3) is 0.320. The van der Waals surface area contributed by atoms with Crippen molar-refractivity contribution in [3.63, 3.8) is 0 Å². The summed E-state index contributed by atoms with van der Waals surface area (Å²) in [4.78, 5) is 83.8. The lowest BCUT2D eigenvalue weighted by Crippen LogP contribution is -2.31. The molecule has 6 rings (SSSR count). The van der Waals surface area contributed by atoms with Gasteiger partial charge in [-0.15, -0.1) is 0 Å². The second kappa shape index (κ2) is 21.9. The highest BCUT2D eigenvalue weighted by atomic mass is 16.2. The molecule has 0 atom stereocenters. The minimum absolute atomic E-state index is 0.0513. The highest BCUT2D eigenvalue weighted by Gasteiger charge is 2.40. The molecule has 6 amide bonds. The third-order valence-electron chi connectivity index (χ3n) is 11.4. The molecule has 0 saturated heterocycles. The molecule has 2 heterocycles. The summed E-state index contributed by atoms with van der Waals surface area (Å²) >= 11 is 0. The predicted octanol–water partition coefficient (Wildman–Crippen LogP) is 5.73. The summed E-state index contributed by atoms with van der Waals surface area (Å²) in [5.74, 6) is -2.15. The predicted molar refractivity (Wildman–Crippen MR) is 250 cm³/mol. The first-order valence-corrected chi connectivity index (χ1v) is 22.1.